The summed E-state index contributed by atoms with van der Waals surface area (Å²) >= 11 is 0. The molecule has 14 heavy (non-hydrogen) atoms. The van der Waals surface area contributed by atoms with Crippen molar-refractivity contribution in [3.8, 4) is 0 Å². The average Bonchev–Trinajstić information content (AvgIpc) is 2.16. The maximum atomic E-state index is 9.98. The third-order valence-corrected chi connectivity index (χ3v) is 1.01. The minimum absolute atomic E-state index is 0.00869. The Morgan fingerprint density at radius 2 is 1.21 bits per heavy atom. The molecule has 0 aliphatic heterocycles. The fourth-order valence-corrected chi connectivity index (χ4v) is 0.541. The molecule has 0 fully saturated rings. The van der Waals surface area contributed by atoms with E-state index in [1.165, 1.54) is 0 Å². The number of hydrogen-bond acceptors (Lipinski definition) is 8. The van der Waals surface area contributed by atoms with Gasteiger partial charge in [0.05, 0.1) is 0 Å². The van der Waals surface area contributed by atoms with Gasteiger partial charge in [-0.05, 0) is 0 Å². The molecule has 0 spiro atoms. The van der Waals surface area contributed by atoms with Gasteiger partial charge in [-0.1, -0.05) is 0 Å². The summed E-state index contributed by atoms with van der Waals surface area (Å²) in [6.07, 6.45) is 0. The summed E-state index contributed by atoms with van der Waals surface area (Å²) in [5.74, 6) is -2.36. The Hall–Kier alpha value is -2.12. The van der Waals surface area contributed by atoms with E-state index in [2.05, 4.69) is 18.9 Å². The van der Waals surface area contributed by atoms with E-state index in [1.807, 2.05) is 0 Å². The van der Waals surface area contributed by atoms with Crippen molar-refractivity contribution in [2.45, 2.75) is 5.97 Å². The normalized spacial score (nSPS) is 9.43. The predicted octanol–water partition coefficient (Wildman–Crippen LogP) is -1.67. The van der Waals surface area contributed by atoms with Crippen molar-refractivity contribution < 1.29 is 38.1 Å². The lowest BCUT2D eigenvalue weighted by molar-refractivity contribution is -0.326. The summed E-state index contributed by atoms with van der Waals surface area (Å²) < 4.78 is 16.5. The molecule has 0 heterocycles. The summed E-state index contributed by atoms with van der Waals surface area (Å²) in [5.41, 5.74) is 0. The molecule has 0 saturated heterocycles. The standard InChI is InChI=1S/C6H6O8/c7-2-11-1-6(12-3-8,13-4-9)14-5-10/h2-5H,1H2. The Balaban J connectivity index is 4.50. The minimum Gasteiger partial charge on any atom is -0.455 e. The number of rotatable bonds is 9. The molecule has 78 valence electrons. The van der Waals surface area contributed by atoms with Gasteiger partial charge in [0.15, 0.2) is 0 Å². The van der Waals surface area contributed by atoms with E-state index < -0.39 is 12.6 Å². The summed E-state index contributed by atoms with van der Waals surface area (Å²) in [6, 6.07) is 0. The first kappa shape index (κ1) is 11.9. The quantitative estimate of drug-likeness (QED) is 0.325. The van der Waals surface area contributed by atoms with Gasteiger partial charge >= 0.3 is 5.97 Å². The van der Waals surface area contributed by atoms with Crippen LogP contribution in [0.1, 0.15) is 0 Å². The summed E-state index contributed by atoms with van der Waals surface area (Å²) in [6.45, 7) is -1.18. The fourth-order valence-electron chi connectivity index (χ4n) is 0.541. The summed E-state index contributed by atoms with van der Waals surface area (Å²) in [7, 11) is 0. The molecule has 0 aliphatic rings. The zero-order valence-corrected chi connectivity index (χ0v) is 6.78. The van der Waals surface area contributed by atoms with Crippen LogP contribution >= 0.6 is 0 Å². The maximum absolute atomic E-state index is 9.98. The van der Waals surface area contributed by atoms with Crippen LogP contribution in [0.5, 0.6) is 0 Å². The lowest BCUT2D eigenvalue weighted by atomic mass is 10.6. The molecule has 0 N–H and O–H groups in total. The molecule has 0 rings (SSSR count). The molecule has 8 heteroatoms. The SMILES string of the molecule is O=COCC(OC=O)(OC=O)OC=O. The topological polar surface area (TPSA) is 105 Å². The Kier molecular flexibility index (Phi) is 5.43. The van der Waals surface area contributed by atoms with Crippen molar-refractivity contribution in [3.63, 3.8) is 0 Å². The number of hydrogen-bond donors (Lipinski definition) is 0. The van der Waals surface area contributed by atoms with Gasteiger partial charge < -0.3 is 18.9 Å². The molecule has 0 aromatic heterocycles. The lowest BCUT2D eigenvalue weighted by Crippen LogP contribution is -2.43. The van der Waals surface area contributed by atoms with Gasteiger partial charge in [-0.3, -0.25) is 19.2 Å². The Bertz CT molecular complexity index is 185. The van der Waals surface area contributed by atoms with Crippen molar-refractivity contribution in [1.29, 1.82) is 0 Å². The van der Waals surface area contributed by atoms with Crippen LogP contribution in [0.25, 0.3) is 0 Å². The van der Waals surface area contributed by atoms with Gasteiger partial charge in [0, 0.05) is 0 Å². The van der Waals surface area contributed by atoms with E-state index in [0.717, 1.165) is 0 Å². The highest BCUT2D eigenvalue weighted by molar-refractivity contribution is 5.44. The Labute approximate surface area is 77.7 Å². The molecule has 0 aromatic rings. The zero-order valence-electron chi connectivity index (χ0n) is 6.78. The van der Waals surface area contributed by atoms with Gasteiger partial charge in [0.1, 0.15) is 0 Å². The van der Waals surface area contributed by atoms with Gasteiger partial charge in [0.2, 0.25) is 6.61 Å². The molecular formula is C6H6O8. The molecule has 0 amide bonds. The van der Waals surface area contributed by atoms with Gasteiger partial charge in [0.25, 0.3) is 25.9 Å². The minimum atomic E-state index is -2.36. The molecule has 0 radical (unpaired) electrons. The summed E-state index contributed by atoms with van der Waals surface area (Å²) in [5, 5.41) is 0. The van der Waals surface area contributed by atoms with Gasteiger partial charge in [-0.25, -0.2) is 0 Å². The largest absolute Gasteiger partial charge is 0.459 e. The van der Waals surface area contributed by atoms with Crippen molar-refractivity contribution >= 4 is 25.9 Å². The van der Waals surface area contributed by atoms with Crippen LogP contribution < -0.4 is 0 Å². The molecule has 0 atom stereocenters. The number of ether oxygens (including phenoxy) is 4. The van der Waals surface area contributed by atoms with Crippen molar-refractivity contribution in [2.75, 3.05) is 6.61 Å². The first-order chi connectivity index (χ1) is 6.74. The third kappa shape index (κ3) is 3.52. The van der Waals surface area contributed by atoms with E-state index in [0.29, 0.717) is 0 Å². The van der Waals surface area contributed by atoms with Crippen molar-refractivity contribution in [3.05, 3.63) is 0 Å². The monoisotopic (exact) mass is 206 g/mol. The van der Waals surface area contributed by atoms with E-state index in [4.69, 9.17) is 0 Å². The predicted molar refractivity (Wildman–Crippen MR) is 36.2 cm³/mol. The molecule has 0 unspecified atom stereocenters. The maximum Gasteiger partial charge on any atom is 0.459 e. The molecular weight excluding hydrogens is 200 g/mol. The molecule has 0 aromatic carbocycles. The smallest absolute Gasteiger partial charge is 0.455 e. The number of carbonyl (C=O) groups excluding carboxylic acids is 4. The van der Waals surface area contributed by atoms with E-state index in [-0.39, 0.29) is 25.9 Å². The van der Waals surface area contributed by atoms with Crippen LogP contribution in [0, 0.1) is 0 Å². The highest BCUT2D eigenvalue weighted by Gasteiger charge is 2.38. The number of carbonyl (C=O) groups is 4. The fraction of sp³-hybridized carbons (Fsp3) is 0.333. The first-order valence-corrected chi connectivity index (χ1v) is 3.14. The van der Waals surface area contributed by atoms with Crippen LogP contribution in [0.3, 0.4) is 0 Å². The average molecular weight is 206 g/mol. The molecule has 0 saturated carbocycles. The van der Waals surface area contributed by atoms with E-state index in [9.17, 15) is 19.2 Å². The van der Waals surface area contributed by atoms with Crippen LogP contribution in [-0.2, 0) is 38.1 Å². The van der Waals surface area contributed by atoms with E-state index in [1.54, 1.807) is 0 Å². The first-order valence-electron chi connectivity index (χ1n) is 3.14. The Morgan fingerprint density at radius 3 is 1.50 bits per heavy atom. The second-order valence-electron chi connectivity index (χ2n) is 1.73. The Morgan fingerprint density at radius 1 is 0.786 bits per heavy atom. The molecule has 0 aliphatic carbocycles. The van der Waals surface area contributed by atoms with E-state index >= 15 is 0 Å². The molecule has 0 bridgehead atoms. The van der Waals surface area contributed by atoms with Crippen molar-refractivity contribution in [1.82, 2.24) is 0 Å². The van der Waals surface area contributed by atoms with Crippen LogP contribution in [0.15, 0.2) is 0 Å². The van der Waals surface area contributed by atoms with Gasteiger partial charge in [-0.2, -0.15) is 0 Å². The van der Waals surface area contributed by atoms with Gasteiger partial charge in [-0.15, -0.1) is 0 Å². The lowest BCUT2D eigenvalue weighted by Gasteiger charge is -2.24. The molecule has 8 nitrogen and oxygen atoms in total. The van der Waals surface area contributed by atoms with Crippen LogP contribution in [-0.4, -0.2) is 38.5 Å². The second-order valence-corrected chi connectivity index (χ2v) is 1.73. The van der Waals surface area contributed by atoms with Crippen LogP contribution in [0.4, 0.5) is 0 Å². The third-order valence-electron chi connectivity index (χ3n) is 1.01. The summed E-state index contributed by atoms with van der Waals surface area (Å²) in [4.78, 5) is 39.7. The van der Waals surface area contributed by atoms with Crippen molar-refractivity contribution in [2.24, 2.45) is 0 Å². The second kappa shape index (κ2) is 6.40. The zero-order chi connectivity index (χ0) is 10.9. The van der Waals surface area contributed by atoms with Crippen LogP contribution in [0.2, 0.25) is 0 Å². The highest BCUT2D eigenvalue weighted by Crippen LogP contribution is 2.12. The highest BCUT2D eigenvalue weighted by atomic mass is 16.9.